The summed E-state index contributed by atoms with van der Waals surface area (Å²) in [7, 11) is 0. The lowest BCUT2D eigenvalue weighted by Gasteiger charge is -2.22. The highest BCUT2D eigenvalue weighted by molar-refractivity contribution is 6.05. The van der Waals surface area contributed by atoms with Crippen LogP contribution in [0.5, 0.6) is 0 Å². The zero-order valence-electron chi connectivity index (χ0n) is 13.6. The van der Waals surface area contributed by atoms with Gasteiger partial charge in [-0.05, 0) is 56.5 Å². The van der Waals surface area contributed by atoms with Crippen LogP contribution in [0.3, 0.4) is 0 Å². The monoisotopic (exact) mass is 327 g/mol. The highest BCUT2D eigenvalue weighted by Crippen LogP contribution is 2.27. The molecule has 0 bridgehead atoms. The van der Waals surface area contributed by atoms with Gasteiger partial charge >= 0.3 is 0 Å². The molecule has 0 spiro atoms. The van der Waals surface area contributed by atoms with E-state index in [0.29, 0.717) is 22.9 Å². The molecule has 1 fully saturated rings. The molecular formula is C17H21N5O2. The Kier molecular flexibility index (Phi) is 4.61. The molecule has 1 aliphatic rings. The van der Waals surface area contributed by atoms with Gasteiger partial charge in [0.05, 0.1) is 6.20 Å². The van der Waals surface area contributed by atoms with E-state index in [-0.39, 0.29) is 5.91 Å². The number of aromatic nitrogens is 2. The fourth-order valence-electron chi connectivity index (χ4n) is 3.01. The van der Waals surface area contributed by atoms with Crippen LogP contribution in [0.1, 0.15) is 50.7 Å². The van der Waals surface area contributed by atoms with Gasteiger partial charge in [-0.2, -0.15) is 5.10 Å². The first-order chi connectivity index (χ1) is 11.6. The van der Waals surface area contributed by atoms with Gasteiger partial charge in [-0.3, -0.25) is 14.7 Å². The summed E-state index contributed by atoms with van der Waals surface area (Å²) in [5, 5.41) is 13.0. The van der Waals surface area contributed by atoms with Crippen LogP contribution in [-0.4, -0.2) is 35.1 Å². The molecule has 2 heterocycles. The number of aromatic amines is 1. The lowest BCUT2D eigenvalue weighted by molar-refractivity contribution is 0.0995. The van der Waals surface area contributed by atoms with E-state index in [2.05, 4.69) is 20.8 Å². The maximum atomic E-state index is 12.7. The molecule has 7 heteroatoms. The maximum Gasteiger partial charge on any atom is 0.273 e. The lowest BCUT2D eigenvalue weighted by atomic mass is 9.90. The van der Waals surface area contributed by atoms with Gasteiger partial charge in [-0.15, -0.1) is 0 Å². The average molecular weight is 327 g/mol. The van der Waals surface area contributed by atoms with Crippen molar-refractivity contribution >= 4 is 17.5 Å². The second kappa shape index (κ2) is 6.84. The van der Waals surface area contributed by atoms with Crippen LogP contribution < -0.4 is 16.4 Å². The first-order valence-electron chi connectivity index (χ1n) is 8.02. The first-order valence-corrected chi connectivity index (χ1v) is 8.02. The zero-order valence-corrected chi connectivity index (χ0v) is 13.6. The number of hydrogen-bond acceptors (Lipinski definition) is 4. The Morgan fingerprint density at radius 1 is 1.29 bits per heavy atom. The molecule has 1 aromatic heterocycles. The van der Waals surface area contributed by atoms with Crippen LogP contribution >= 0.6 is 0 Å². The lowest BCUT2D eigenvalue weighted by Crippen LogP contribution is -2.27. The summed E-state index contributed by atoms with van der Waals surface area (Å²) < 4.78 is 0. The number of H-pyrrole nitrogens is 1. The molecule has 0 atom stereocenters. The molecule has 0 saturated carbocycles. The number of piperidine rings is 1. The van der Waals surface area contributed by atoms with Gasteiger partial charge < -0.3 is 16.4 Å². The standard InChI is InChI=1S/C17H21N5O2/c1-10-2-3-12(16(18)23)8-14(10)21-17(24)15-13(9-20-22-15)11-4-6-19-7-5-11/h2-3,8-9,11,19H,4-7H2,1H3,(H2,18,23)(H,20,22)(H,21,24). The molecule has 126 valence electrons. The summed E-state index contributed by atoms with van der Waals surface area (Å²) in [5.41, 5.74) is 8.52. The number of nitrogens with one attached hydrogen (secondary N) is 3. The fourth-order valence-corrected chi connectivity index (χ4v) is 3.01. The van der Waals surface area contributed by atoms with Crippen molar-refractivity contribution in [3.63, 3.8) is 0 Å². The van der Waals surface area contributed by atoms with Crippen molar-refractivity contribution in [3.05, 3.63) is 46.8 Å². The molecule has 5 N–H and O–H groups in total. The number of hydrogen-bond donors (Lipinski definition) is 4. The minimum Gasteiger partial charge on any atom is -0.366 e. The van der Waals surface area contributed by atoms with Gasteiger partial charge in [0.1, 0.15) is 5.69 Å². The minimum atomic E-state index is -0.526. The molecule has 7 nitrogen and oxygen atoms in total. The third kappa shape index (κ3) is 3.30. The van der Waals surface area contributed by atoms with Gasteiger partial charge in [-0.1, -0.05) is 6.07 Å². The SMILES string of the molecule is Cc1ccc(C(N)=O)cc1NC(=O)c1[nH]ncc1C1CCNCC1. The van der Waals surface area contributed by atoms with Crippen molar-refractivity contribution in [1.82, 2.24) is 15.5 Å². The Balaban J connectivity index is 1.82. The number of nitrogens with zero attached hydrogens (tertiary/aromatic N) is 1. The smallest absolute Gasteiger partial charge is 0.273 e. The number of amides is 2. The minimum absolute atomic E-state index is 0.259. The normalized spacial score (nSPS) is 15.2. The predicted molar refractivity (Wildman–Crippen MR) is 91.1 cm³/mol. The van der Waals surface area contributed by atoms with E-state index in [1.165, 1.54) is 0 Å². The Hall–Kier alpha value is -2.67. The molecular weight excluding hydrogens is 306 g/mol. The van der Waals surface area contributed by atoms with Crippen LogP contribution in [0.4, 0.5) is 5.69 Å². The van der Waals surface area contributed by atoms with Crippen LogP contribution in [0.15, 0.2) is 24.4 Å². The van der Waals surface area contributed by atoms with E-state index in [4.69, 9.17) is 5.73 Å². The summed E-state index contributed by atoms with van der Waals surface area (Å²) in [5.74, 6) is -0.461. The molecule has 3 rings (SSSR count). The van der Waals surface area contributed by atoms with Gasteiger partial charge in [-0.25, -0.2) is 0 Å². The number of carbonyl (C=O) groups excluding carboxylic acids is 2. The molecule has 24 heavy (non-hydrogen) atoms. The molecule has 2 amide bonds. The first kappa shape index (κ1) is 16.2. The van der Waals surface area contributed by atoms with Crippen LogP contribution in [-0.2, 0) is 0 Å². The predicted octanol–water partition coefficient (Wildman–Crippen LogP) is 1.54. The highest BCUT2D eigenvalue weighted by atomic mass is 16.2. The van der Waals surface area contributed by atoms with Crippen molar-refractivity contribution in [2.75, 3.05) is 18.4 Å². The van der Waals surface area contributed by atoms with Crippen molar-refractivity contribution in [2.24, 2.45) is 5.73 Å². The third-order valence-corrected chi connectivity index (χ3v) is 4.44. The number of benzene rings is 1. The van der Waals surface area contributed by atoms with Gasteiger partial charge in [0.15, 0.2) is 0 Å². The molecule has 1 aromatic carbocycles. The van der Waals surface area contributed by atoms with Crippen molar-refractivity contribution in [1.29, 1.82) is 0 Å². The van der Waals surface area contributed by atoms with Crippen LogP contribution in [0.25, 0.3) is 0 Å². The van der Waals surface area contributed by atoms with E-state index in [0.717, 1.165) is 37.1 Å². The summed E-state index contributed by atoms with van der Waals surface area (Å²) in [4.78, 5) is 24.0. The van der Waals surface area contributed by atoms with Crippen LogP contribution in [0.2, 0.25) is 0 Å². The van der Waals surface area contributed by atoms with E-state index >= 15 is 0 Å². The number of primary amides is 1. The second-order valence-corrected chi connectivity index (χ2v) is 6.07. The number of carbonyl (C=O) groups is 2. The van der Waals surface area contributed by atoms with E-state index in [9.17, 15) is 9.59 Å². The Morgan fingerprint density at radius 3 is 2.75 bits per heavy atom. The van der Waals surface area contributed by atoms with Gasteiger partial charge in [0.2, 0.25) is 5.91 Å². The summed E-state index contributed by atoms with van der Waals surface area (Å²) in [6.07, 6.45) is 3.70. The van der Waals surface area contributed by atoms with Gasteiger partial charge in [0.25, 0.3) is 5.91 Å². The number of anilines is 1. The summed E-state index contributed by atoms with van der Waals surface area (Å²) >= 11 is 0. The van der Waals surface area contributed by atoms with Crippen molar-refractivity contribution in [2.45, 2.75) is 25.7 Å². The zero-order chi connectivity index (χ0) is 17.1. The largest absolute Gasteiger partial charge is 0.366 e. The highest BCUT2D eigenvalue weighted by Gasteiger charge is 2.23. The molecule has 1 aliphatic heterocycles. The molecule has 0 aliphatic carbocycles. The molecule has 0 radical (unpaired) electrons. The molecule has 2 aromatic rings. The summed E-state index contributed by atoms with van der Waals surface area (Å²) in [6, 6.07) is 5.00. The fraction of sp³-hybridized carbons (Fsp3) is 0.353. The van der Waals surface area contributed by atoms with E-state index in [1.54, 1.807) is 24.4 Å². The van der Waals surface area contributed by atoms with Gasteiger partial charge in [0, 0.05) is 16.8 Å². The number of aryl methyl sites for hydroxylation is 1. The van der Waals surface area contributed by atoms with Crippen molar-refractivity contribution < 1.29 is 9.59 Å². The average Bonchev–Trinajstić information content (AvgIpc) is 3.07. The summed E-state index contributed by atoms with van der Waals surface area (Å²) in [6.45, 7) is 3.74. The molecule has 1 saturated heterocycles. The maximum absolute atomic E-state index is 12.7. The van der Waals surface area contributed by atoms with E-state index in [1.807, 2.05) is 6.92 Å². The number of rotatable bonds is 4. The Labute approximate surface area is 140 Å². The quantitative estimate of drug-likeness (QED) is 0.682. The molecule has 0 unspecified atom stereocenters. The van der Waals surface area contributed by atoms with Crippen molar-refractivity contribution in [3.8, 4) is 0 Å². The number of nitrogens with two attached hydrogens (primary N) is 1. The Bertz CT molecular complexity index is 762. The van der Waals surface area contributed by atoms with Crippen LogP contribution in [0, 0.1) is 6.92 Å². The third-order valence-electron chi connectivity index (χ3n) is 4.44. The topological polar surface area (TPSA) is 113 Å². The van der Waals surface area contributed by atoms with E-state index < -0.39 is 5.91 Å². The Morgan fingerprint density at radius 2 is 2.04 bits per heavy atom. The second-order valence-electron chi connectivity index (χ2n) is 6.07.